The second kappa shape index (κ2) is 10.7. The zero-order valence-electron chi connectivity index (χ0n) is 22.9. The predicted octanol–water partition coefficient (Wildman–Crippen LogP) is 6.91. The molecular weight excluding hydrogens is 504 g/mol. The maximum absolute atomic E-state index is 11.2. The van der Waals surface area contributed by atoms with Crippen molar-refractivity contribution in [3.63, 3.8) is 0 Å². The van der Waals surface area contributed by atoms with Gasteiger partial charge in [0.1, 0.15) is 5.75 Å². The lowest BCUT2D eigenvalue weighted by Crippen LogP contribution is -2.51. The first-order valence-electron chi connectivity index (χ1n) is 14.2. The quantitative estimate of drug-likeness (QED) is 0.280. The highest BCUT2D eigenvalue weighted by molar-refractivity contribution is 5.87. The van der Waals surface area contributed by atoms with Crippen molar-refractivity contribution in [2.24, 2.45) is 16.7 Å². The van der Waals surface area contributed by atoms with Gasteiger partial charge in [0.2, 0.25) is 0 Å². The minimum atomic E-state index is -0.879. The van der Waals surface area contributed by atoms with E-state index in [2.05, 4.69) is 13.0 Å². The van der Waals surface area contributed by atoms with Crippen molar-refractivity contribution in [3.8, 4) is 5.75 Å². The molecule has 210 valence electrons. The molecule has 6 heteroatoms. The molecule has 40 heavy (non-hydrogen) atoms. The van der Waals surface area contributed by atoms with Crippen LogP contribution < -0.4 is 0 Å². The van der Waals surface area contributed by atoms with Gasteiger partial charge in [0.15, 0.2) is 0 Å². The van der Waals surface area contributed by atoms with Crippen molar-refractivity contribution in [2.75, 3.05) is 0 Å². The van der Waals surface area contributed by atoms with E-state index in [1.807, 2.05) is 12.1 Å². The second-order valence-electron chi connectivity index (χ2n) is 12.0. The zero-order chi connectivity index (χ0) is 28.5. The molecule has 0 amide bonds. The lowest BCUT2D eigenvalue weighted by Gasteiger charge is -2.56. The summed E-state index contributed by atoms with van der Waals surface area (Å²) in [5.41, 5.74) is 3.67. The van der Waals surface area contributed by atoms with E-state index in [4.69, 9.17) is 10.2 Å². The highest BCUT2D eigenvalue weighted by Gasteiger charge is 2.73. The van der Waals surface area contributed by atoms with Crippen LogP contribution in [0.5, 0.6) is 5.75 Å². The molecule has 0 spiro atoms. The number of phenolic OH excluding ortho intramolecular Hbond substituents is 1. The summed E-state index contributed by atoms with van der Waals surface area (Å²) in [5, 5.41) is 37.7. The number of aryl methyl sites for hydroxylation is 1. The van der Waals surface area contributed by atoms with E-state index in [0.29, 0.717) is 28.2 Å². The van der Waals surface area contributed by atoms with Gasteiger partial charge in [-0.25, -0.2) is 9.59 Å². The molecule has 4 aliphatic carbocycles. The third-order valence-corrected chi connectivity index (χ3v) is 10.5. The lowest BCUT2D eigenvalue weighted by atomic mass is 9.48. The fraction of sp³-hybridized carbons (Fsp3) is 0.412. The van der Waals surface area contributed by atoms with Gasteiger partial charge in [-0.3, -0.25) is 0 Å². The van der Waals surface area contributed by atoms with Crippen LogP contribution in [0.3, 0.4) is 0 Å². The smallest absolute Gasteiger partial charge is 0.335 e. The number of hydrogen-bond acceptors (Lipinski definition) is 4. The van der Waals surface area contributed by atoms with Crippen LogP contribution in [-0.2, 0) is 6.42 Å². The summed E-state index contributed by atoms with van der Waals surface area (Å²) < 4.78 is 0. The van der Waals surface area contributed by atoms with Crippen LogP contribution in [-0.4, -0.2) is 38.0 Å². The Labute approximate surface area is 235 Å². The summed E-state index contributed by atoms with van der Waals surface area (Å²) in [6, 6.07) is 22.6. The van der Waals surface area contributed by atoms with Crippen molar-refractivity contribution >= 4 is 11.9 Å². The summed E-state index contributed by atoms with van der Waals surface area (Å²) in [4.78, 5) is 20.4. The first kappa shape index (κ1) is 27.9. The van der Waals surface area contributed by atoms with Crippen LogP contribution in [0.1, 0.15) is 89.6 Å². The first-order chi connectivity index (χ1) is 19.1. The van der Waals surface area contributed by atoms with E-state index in [9.17, 15) is 19.8 Å². The van der Waals surface area contributed by atoms with Gasteiger partial charge in [0.05, 0.1) is 16.7 Å². The van der Waals surface area contributed by atoms with Gasteiger partial charge >= 0.3 is 11.9 Å². The number of fused-ring (bicyclic) bond motifs is 3. The number of aromatic carboxylic acids is 2. The van der Waals surface area contributed by atoms with Crippen molar-refractivity contribution in [1.29, 1.82) is 0 Å². The fourth-order valence-electron chi connectivity index (χ4n) is 8.46. The number of aliphatic hydroxyl groups is 1. The predicted molar refractivity (Wildman–Crippen MR) is 153 cm³/mol. The number of benzene rings is 3. The highest BCUT2D eigenvalue weighted by atomic mass is 16.4. The molecule has 3 atom stereocenters. The van der Waals surface area contributed by atoms with Crippen LogP contribution in [0.15, 0.2) is 78.9 Å². The first-order valence-corrected chi connectivity index (χ1v) is 14.2. The van der Waals surface area contributed by atoms with Crippen molar-refractivity contribution < 1.29 is 30.0 Å². The Morgan fingerprint density at radius 3 is 1.80 bits per heavy atom. The molecule has 4 aliphatic rings. The number of rotatable bonds is 2. The monoisotopic (exact) mass is 542 g/mol. The average Bonchev–Trinajstić information content (AvgIpc) is 3.34. The van der Waals surface area contributed by atoms with Gasteiger partial charge in [-0.15, -0.1) is 0 Å². The van der Waals surface area contributed by atoms with E-state index in [1.165, 1.54) is 43.2 Å². The topological polar surface area (TPSA) is 115 Å². The summed E-state index contributed by atoms with van der Waals surface area (Å²) in [6.07, 6.45) is 9.23. The summed E-state index contributed by atoms with van der Waals surface area (Å²) >= 11 is 0. The number of carbonyl (C=O) groups is 2. The third kappa shape index (κ3) is 4.68. The minimum Gasteiger partial charge on any atom is -0.508 e. The van der Waals surface area contributed by atoms with Crippen molar-refractivity contribution in [1.82, 2.24) is 0 Å². The molecule has 0 saturated heterocycles. The number of carboxylic acids is 2. The third-order valence-electron chi connectivity index (χ3n) is 10.5. The van der Waals surface area contributed by atoms with E-state index in [1.54, 1.807) is 60.7 Å². The number of carboxylic acid groups (broad SMARTS) is 2. The molecule has 0 radical (unpaired) electrons. The van der Waals surface area contributed by atoms with Gasteiger partial charge in [0, 0.05) is 5.41 Å². The van der Waals surface area contributed by atoms with Gasteiger partial charge in [-0.2, -0.15) is 0 Å². The number of phenols is 1. The molecule has 0 unspecified atom stereocenters. The molecule has 4 N–H and O–H groups in total. The summed E-state index contributed by atoms with van der Waals surface area (Å²) in [6.45, 7) is 2.40. The standard InChI is InChI=1S/C20H26O2.2C7H6O2/c1-18-7-6-16-15-4-3-14(21)12-13(15)2-5-17(16)19(18)8-10-20(18,22)11-9-19;2*8-7(9)6-4-2-1-3-5-6/h3-4,12,16-17,21-22H,2,5-11H2,1H3;2*1-5H,(H,8,9)/t16-,17-,18+,19-,20+;;/m1../s1. The SMILES string of the molecule is C[C@]12CC[C@@H]3c4ccc(O)cc4CC[C@H]3[C@]13CC[C@]2(O)CC3.O=C(O)c1ccccc1.O=C(O)c1ccccc1. The Kier molecular flexibility index (Phi) is 7.49. The van der Waals surface area contributed by atoms with Crippen LogP contribution in [0.25, 0.3) is 0 Å². The van der Waals surface area contributed by atoms with Crippen LogP contribution >= 0.6 is 0 Å². The molecule has 0 aromatic heterocycles. The number of aromatic hydroxyl groups is 1. The molecule has 3 aromatic carbocycles. The fourth-order valence-corrected chi connectivity index (χ4v) is 8.46. The van der Waals surface area contributed by atoms with Gasteiger partial charge in [0.25, 0.3) is 0 Å². The maximum Gasteiger partial charge on any atom is 0.335 e. The average molecular weight is 543 g/mol. The van der Waals surface area contributed by atoms with Gasteiger partial charge in [-0.05, 0) is 116 Å². The van der Waals surface area contributed by atoms with E-state index in [0.717, 1.165) is 25.2 Å². The molecule has 3 fully saturated rings. The van der Waals surface area contributed by atoms with Crippen LogP contribution in [0.2, 0.25) is 0 Å². The highest BCUT2D eigenvalue weighted by Crippen LogP contribution is 2.77. The summed E-state index contributed by atoms with van der Waals surface area (Å²) in [7, 11) is 0. The molecule has 0 aliphatic heterocycles. The van der Waals surface area contributed by atoms with E-state index in [-0.39, 0.29) is 11.0 Å². The summed E-state index contributed by atoms with van der Waals surface area (Å²) in [5.74, 6) is 0.0380. The normalized spacial score (nSPS) is 30.8. The maximum atomic E-state index is 11.2. The minimum absolute atomic E-state index is 0.148. The van der Waals surface area contributed by atoms with Gasteiger partial charge in [-0.1, -0.05) is 49.4 Å². The van der Waals surface area contributed by atoms with Crippen molar-refractivity contribution in [3.05, 3.63) is 101 Å². The molecule has 3 saturated carbocycles. The second-order valence-corrected chi connectivity index (χ2v) is 12.0. The Morgan fingerprint density at radius 1 is 0.750 bits per heavy atom. The van der Waals surface area contributed by atoms with Crippen LogP contribution in [0, 0.1) is 16.7 Å². The van der Waals surface area contributed by atoms with E-state index >= 15 is 0 Å². The molecule has 2 bridgehead atoms. The van der Waals surface area contributed by atoms with Crippen LogP contribution in [0.4, 0.5) is 0 Å². The molecule has 7 rings (SSSR count). The largest absolute Gasteiger partial charge is 0.508 e. The Hall–Kier alpha value is -3.64. The Bertz CT molecular complexity index is 1310. The lowest BCUT2D eigenvalue weighted by molar-refractivity contribution is -0.101. The number of hydrogen-bond donors (Lipinski definition) is 4. The molecule has 0 heterocycles. The molecule has 3 aromatic rings. The van der Waals surface area contributed by atoms with Crippen molar-refractivity contribution in [2.45, 2.75) is 69.8 Å². The Morgan fingerprint density at radius 2 is 1.30 bits per heavy atom. The van der Waals surface area contributed by atoms with E-state index < -0.39 is 11.9 Å². The Balaban J connectivity index is 0.000000149. The van der Waals surface area contributed by atoms with Gasteiger partial charge < -0.3 is 20.4 Å². The molecule has 6 nitrogen and oxygen atoms in total. The zero-order valence-corrected chi connectivity index (χ0v) is 22.9. The molecular formula is C34H38O6.